The van der Waals surface area contributed by atoms with E-state index in [1.54, 1.807) is 12.4 Å². The first-order valence-corrected chi connectivity index (χ1v) is 6.64. The summed E-state index contributed by atoms with van der Waals surface area (Å²) in [5.41, 5.74) is 2.94. The number of ether oxygens (including phenoxy) is 1. The highest BCUT2D eigenvalue weighted by molar-refractivity contribution is 6.30. The van der Waals surface area contributed by atoms with Crippen LogP contribution < -0.4 is 4.74 Å². The van der Waals surface area contributed by atoms with Crippen LogP contribution in [0.2, 0.25) is 5.02 Å². The number of fused-ring (bicyclic) bond motifs is 1. The summed E-state index contributed by atoms with van der Waals surface area (Å²) in [6.07, 6.45) is 4.16. The largest absolute Gasteiger partial charge is 0.493 e. The van der Waals surface area contributed by atoms with E-state index >= 15 is 0 Å². The number of hydrogen-bond acceptors (Lipinski definition) is 3. The first kappa shape index (κ1) is 12.5. The molecule has 2 aromatic rings. The molecule has 0 radical (unpaired) electrons. The van der Waals surface area contributed by atoms with E-state index in [9.17, 15) is 5.11 Å². The lowest BCUT2D eigenvalue weighted by Crippen LogP contribution is -2.03. The first-order chi connectivity index (χ1) is 9.24. The Morgan fingerprint density at radius 1 is 1.32 bits per heavy atom. The third kappa shape index (κ3) is 2.57. The van der Waals surface area contributed by atoms with Gasteiger partial charge in [-0.05, 0) is 41.0 Å². The lowest BCUT2D eigenvalue weighted by Gasteiger charge is -2.14. The van der Waals surface area contributed by atoms with Gasteiger partial charge in [0.15, 0.2) is 0 Å². The third-order valence-corrected chi connectivity index (χ3v) is 3.55. The molecule has 0 amide bonds. The Balaban J connectivity index is 1.88. The minimum atomic E-state index is -0.574. The molecule has 19 heavy (non-hydrogen) atoms. The summed E-state index contributed by atoms with van der Waals surface area (Å²) in [6.45, 7) is 0.689. The Morgan fingerprint density at radius 3 is 2.89 bits per heavy atom. The van der Waals surface area contributed by atoms with Gasteiger partial charge in [0.2, 0.25) is 0 Å². The van der Waals surface area contributed by atoms with Crippen LogP contribution in [0.3, 0.4) is 0 Å². The second kappa shape index (κ2) is 5.19. The molecule has 1 atom stereocenters. The summed E-state index contributed by atoms with van der Waals surface area (Å²) in [5, 5.41) is 11.0. The van der Waals surface area contributed by atoms with Crippen LogP contribution in [-0.4, -0.2) is 16.7 Å². The van der Waals surface area contributed by atoms with Crippen molar-refractivity contribution >= 4 is 11.6 Å². The summed E-state index contributed by atoms with van der Waals surface area (Å²) in [7, 11) is 0. The van der Waals surface area contributed by atoms with Gasteiger partial charge in [0, 0.05) is 30.3 Å². The second-order valence-corrected chi connectivity index (χ2v) is 5.09. The standard InChI is InChI=1S/C15H14ClNO2/c16-13-7-11-3-6-19-15(11)12(8-13)9-14(18)10-1-4-17-5-2-10/h1-2,4-5,7-8,14,18H,3,6,9H2. The summed E-state index contributed by atoms with van der Waals surface area (Å²) in [5.74, 6) is 0.887. The summed E-state index contributed by atoms with van der Waals surface area (Å²) < 4.78 is 5.64. The Bertz CT molecular complexity index is 586. The maximum Gasteiger partial charge on any atom is 0.126 e. The quantitative estimate of drug-likeness (QED) is 0.936. The van der Waals surface area contributed by atoms with Crippen LogP contribution in [0.25, 0.3) is 0 Å². The predicted molar refractivity (Wildman–Crippen MR) is 73.6 cm³/mol. The fraction of sp³-hybridized carbons (Fsp3) is 0.267. The zero-order valence-corrected chi connectivity index (χ0v) is 11.1. The lowest BCUT2D eigenvalue weighted by atomic mass is 9.99. The van der Waals surface area contributed by atoms with Crippen molar-refractivity contribution in [2.75, 3.05) is 6.61 Å². The average Bonchev–Trinajstić information content (AvgIpc) is 2.88. The topological polar surface area (TPSA) is 42.4 Å². The molecule has 0 aliphatic carbocycles. The van der Waals surface area contributed by atoms with Crippen molar-refractivity contribution in [3.8, 4) is 5.75 Å². The van der Waals surface area contributed by atoms with Crippen molar-refractivity contribution in [2.24, 2.45) is 0 Å². The maximum absolute atomic E-state index is 10.3. The first-order valence-electron chi connectivity index (χ1n) is 6.26. The molecule has 98 valence electrons. The molecular formula is C15H14ClNO2. The monoisotopic (exact) mass is 275 g/mol. The van der Waals surface area contributed by atoms with Gasteiger partial charge < -0.3 is 9.84 Å². The number of nitrogens with zero attached hydrogens (tertiary/aromatic N) is 1. The Kier molecular flexibility index (Phi) is 3.40. The fourth-order valence-electron chi connectivity index (χ4n) is 2.41. The van der Waals surface area contributed by atoms with Gasteiger partial charge in [-0.2, -0.15) is 0 Å². The van der Waals surface area contributed by atoms with E-state index in [4.69, 9.17) is 16.3 Å². The number of benzene rings is 1. The summed E-state index contributed by atoms with van der Waals surface area (Å²) >= 11 is 6.11. The normalized spacial score (nSPS) is 14.8. The second-order valence-electron chi connectivity index (χ2n) is 4.65. The highest BCUT2D eigenvalue weighted by Gasteiger charge is 2.20. The number of halogens is 1. The van der Waals surface area contributed by atoms with Gasteiger partial charge in [0.1, 0.15) is 5.75 Å². The van der Waals surface area contributed by atoms with Crippen molar-refractivity contribution in [3.05, 3.63) is 58.4 Å². The van der Waals surface area contributed by atoms with Gasteiger partial charge >= 0.3 is 0 Å². The van der Waals surface area contributed by atoms with E-state index in [1.807, 2.05) is 24.3 Å². The number of hydrogen-bond donors (Lipinski definition) is 1. The lowest BCUT2D eigenvalue weighted by molar-refractivity contribution is 0.177. The van der Waals surface area contributed by atoms with Crippen LogP contribution in [0.4, 0.5) is 0 Å². The molecule has 2 heterocycles. The van der Waals surface area contributed by atoms with Gasteiger partial charge in [-0.25, -0.2) is 0 Å². The number of aliphatic hydroxyl groups excluding tert-OH is 1. The fourth-order valence-corrected chi connectivity index (χ4v) is 2.67. The van der Waals surface area contributed by atoms with Crippen molar-refractivity contribution in [1.29, 1.82) is 0 Å². The molecule has 0 spiro atoms. The molecule has 1 aromatic carbocycles. The molecule has 0 bridgehead atoms. The molecule has 0 fully saturated rings. The van der Waals surface area contributed by atoms with Gasteiger partial charge in [-0.3, -0.25) is 4.98 Å². The van der Waals surface area contributed by atoms with Gasteiger partial charge in [0.25, 0.3) is 0 Å². The molecule has 1 N–H and O–H groups in total. The molecule has 1 aromatic heterocycles. The molecule has 1 unspecified atom stereocenters. The van der Waals surface area contributed by atoms with E-state index in [0.29, 0.717) is 18.1 Å². The SMILES string of the molecule is OC(Cc1cc(Cl)cc2c1OCC2)c1ccncc1. The Labute approximate surface area is 116 Å². The minimum absolute atomic E-state index is 0.493. The zero-order chi connectivity index (χ0) is 13.2. The minimum Gasteiger partial charge on any atom is -0.493 e. The zero-order valence-electron chi connectivity index (χ0n) is 10.3. The Hall–Kier alpha value is -1.58. The van der Waals surface area contributed by atoms with Crippen LogP contribution >= 0.6 is 11.6 Å². The molecule has 3 nitrogen and oxygen atoms in total. The molecule has 3 rings (SSSR count). The van der Waals surface area contributed by atoms with E-state index in [-0.39, 0.29) is 0 Å². The van der Waals surface area contributed by atoms with Crippen molar-refractivity contribution < 1.29 is 9.84 Å². The smallest absolute Gasteiger partial charge is 0.126 e. The van der Waals surface area contributed by atoms with E-state index in [0.717, 1.165) is 28.9 Å². The highest BCUT2D eigenvalue weighted by atomic mass is 35.5. The van der Waals surface area contributed by atoms with Gasteiger partial charge in [-0.1, -0.05) is 11.6 Å². The van der Waals surface area contributed by atoms with Crippen LogP contribution in [0.1, 0.15) is 22.8 Å². The number of aliphatic hydroxyl groups is 1. The van der Waals surface area contributed by atoms with E-state index in [2.05, 4.69) is 4.98 Å². The Morgan fingerprint density at radius 2 is 2.11 bits per heavy atom. The maximum atomic E-state index is 10.3. The highest BCUT2D eigenvalue weighted by Crippen LogP contribution is 2.35. The molecule has 1 aliphatic heterocycles. The number of pyridine rings is 1. The van der Waals surface area contributed by atoms with Gasteiger partial charge in [-0.15, -0.1) is 0 Å². The average molecular weight is 276 g/mol. The van der Waals surface area contributed by atoms with Crippen molar-refractivity contribution in [3.63, 3.8) is 0 Å². The van der Waals surface area contributed by atoms with Gasteiger partial charge in [0.05, 0.1) is 12.7 Å². The molecule has 4 heteroatoms. The van der Waals surface area contributed by atoms with Crippen LogP contribution in [-0.2, 0) is 12.8 Å². The number of rotatable bonds is 3. The van der Waals surface area contributed by atoms with Crippen LogP contribution in [0.5, 0.6) is 5.75 Å². The molecule has 0 saturated carbocycles. The molecule has 0 saturated heterocycles. The van der Waals surface area contributed by atoms with Crippen LogP contribution in [0.15, 0.2) is 36.7 Å². The van der Waals surface area contributed by atoms with E-state index in [1.165, 1.54) is 0 Å². The third-order valence-electron chi connectivity index (χ3n) is 3.33. The number of aromatic nitrogens is 1. The van der Waals surface area contributed by atoms with Crippen LogP contribution in [0, 0.1) is 0 Å². The van der Waals surface area contributed by atoms with E-state index < -0.39 is 6.10 Å². The summed E-state index contributed by atoms with van der Waals surface area (Å²) in [6, 6.07) is 7.44. The van der Waals surface area contributed by atoms with Crippen molar-refractivity contribution in [1.82, 2.24) is 4.98 Å². The summed E-state index contributed by atoms with van der Waals surface area (Å²) in [4.78, 5) is 3.95. The van der Waals surface area contributed by atoms with Crippen molar-refractivity contribution in [2.45, 2.75) is 18.9 Å². The predicted octanol–water partition coefficient (Wildman–Crippen LogP) is 2.95. The molecular weight excluding hydrogens is 262 g/mol. The molecule has 1 aliphatic rings.